The number of hydrogen-bond acceptors (Lipinski definition) is 7. The first kappa shape index (κ1) is 27.3. The van der Waals surface area contributed by atoms with Gasteiger partial charge >= 0.3 is 6.18 Å². The van der Waals surface area contributed by atoms with E-state index in [4.69, 9.17) is 13.9 Å². The van der Waals surface area contributed by atoms with Gasteiger partial charge in [0.25, 0.3) is 5.76 Å². The molecule has 210 valence electrons. The first-order valence-corrected chi connectivity index (χ1v) is 12.7. The summed E-state index contributed by atoms with van der Waals surface area (Å²) in [4.78, 5) is 17.2. The SMILES string of the molecule is CCOc1ccccc1Oc1c(C(F)(F)F)oc2c(CN3CCN(c4ccccc4F)CC3)c(O)ccc2c1=O. The fourth-order valence-corrected chi connectivity index (χ4v) is 4.72. The molecule has 1 aromatic heterocycles. The Balaban J connectivity index is 1.49. The van der Waals surface area contributed by atoms with Gasteiger partial charge in [-0.15, -0.1) is 0 Å². The molecule has 1 saturated heterocycles. The van der Waals surface area contributed by atoms with Crippen molar-refractivity contribution in [3.63, 3.8) is 0 Å². The maximum absolute atomic E-state index is 14.2. The van der Waals surface area contributed by atoms with E-state index in [1.165, 1.54) is 36.4 Å². The lowest BCUT2D eigenvalue weighted by Gasteiger charge is -2.36. The van der Waals surface area contributed by atoms with Crippen LogP contribution in [0.15, 0.2) is 69.9 Å². The Morgan fingerprint density at radius 3 is 2.30 bits per heavy atom. The average Bonchev–Trinajstić information content (AvgIpc) is 2.93. The minimum atomic E-state index is -5.07. The van der Waals surface area contributed by atoms with E-state index in [1.54, 1.807) is 31.2 Å². The normalized spacial score (nSPS) is 14.5. The summed E-state index contributed by atoms with van der Waals surface area (Å²) in [5, 5.41) is 10.4. The number of phenols is 1. The number of halogens is 4. The minimum absolute atomic E-state index is 0.0158. The second-order valence-corrected chi connectivity index (χ2v) is 9.22. The van der Waals surface area contributed by atoms with Crippen molar-refractivity contribution in [1.29, 1.82) is 0 Å². The van der Waals surface area contributed by atoms with Crippen molar-refractivity contribution in [2.75, 3.05) is 37.7 Å². The van der Waals surface area contributed by atoms with E-state index in [9.17, 15) is 27.5 Å². The number of anilines is 1. The van der Waals surface area contributed by atoms with Gasteiger partial charge < -0.3 is 23.9 Å². The molecule has 0 unspecified atom stereocenters. The summed E-state index contributed by atoms with van der Waals surface area (Å²) in [5.74, 6) is -3.21. The maximum atomic E-state index is 14.2. The standard InChI is InChI=1S/C29H26F4N2O5/c1-2-38-23-9-5-6-10-24(23)39-27-25(37)18-11-12-22(36)19(26(18)40-28(27)29(31,32)33)17-34-13-15-35(16-14-34)21-8-4-3-7-20(21)30/h3-12,36H,2,13-17H2,1H3. The molecule has 1 N–H and O–H groups in total. The third-order valence-electron chi connectivity index (χ3n) is 6.66. The van der Waals surface area contributed by atoms with E-state index in [-0.39, 0.29) is 52.8 Å². The van der Waals surface area contributed by atoms with Crippen LogP contribution in [-0.4, -0.2) is 42.8 Å². The minimum Gasteiger partial charge on any atom is -0.507 e. The smallest absolute Gasteiger partial charge is 0.453 e. The summed E-state index contributed by atoms with van der Waals surface area (Å²) < 4.78 is 73.0. The van der Waals surface area contributed by atoms with Crippen LogP contribution < -0.4 is 19.8 Å². The van der Waals surface area contributed by atoms with E-state index in [0.29, 0.717) is 31.9 Å². The number of fused-ring (bicyclic) bond motifs is 1. The molecule has 0 aliphatic carbocycles. The van der Waals surface area contributed by atoms with E-state index < -0.39 is 23.1 Å². The predicted octanol–water partition coefficient (Wildman–Crippen LogP) is 6.17. The van der Waals surface area contributed by atoms with E-state index in [1.807, 2.05) is 9.80 Å². The molecule has 7 nitrogen and oxygen atoms in total. The first-order chi connectivity index (χ1) is 19.2. The highest BCUT2D eigenvalue weighted by Gasteiger charge is 2.41. The van der Waals surface area contributed by atoms with Gasteiger partial charge in [-0.05, 0) is 43.3 Å². The fourth-order valence-electron chi connectivity index (χ4n) is 4.72. The quantitative estimate of drug-likeness (QED) is 0.272. The van der Waals surface area contributed by atoms with E-state index >= 15 is 0 Å². The number of para-hydroxylation sites is 3. The molecule has 1 aliphatic rings. The van der Waals surface area contributed by atoms with E-state index in [2.05, 4.69) is 0 Å². The summed E-state index contributed by atoms with van der Waals surface area (Å²) in [6.45, 7) is 3.75. The van der Waals surface area contributed by atoms with Gasteiger partial charge in [-0.1, -0.05) is 24.3 Å². The second kappa shape index (κ2) is 11.1. The Morgan fingerprint density at radius 2 is 1.62 bits per heavy atom. The summed E-state index contributed by atoms with van der Waals surface area (Å²) in [7, 11) is 0. The summed E-state index contributed by atoms with van der Waals surface area (Å²) in [6, 6.07) is 14.9. The molecule has 4 aromatic rings. The molecule has 0 radical (unpaired) electrons. The van der Waals surface area contributed by atoms with Gasteiger partial charge in [0.2, 0.25) is 11.2 Å². The Morgan fingerprint density at radius 1 is 0.950 bits per heavy atom. The number of rotatable bonds is 7. The molecule has 0 spiro atoms. The molecule has 2 heterocycles. The predicted molar refractivity (Wildman–Crippen MR) is 141 cm³/mol. The molecular weight excluding hydrogens is 532 g/mol. The Kier molecular flexibility index (Phi) is 7.57. The molecule has 0 saturated carbocycles. The number of ether oxygens (including phenoxy) is 2. The molecule has 1 fully saturated rings. The lowest BCUT2D eigenvalue weighted by molar-refractivity contribution is -0.154. The lowest BCUT2D eigenvalue weighted by atomic mass is 10.1. The highest BCUT2D eigenvalue weighted by atomic mass is 19.4. The third kappa shape index (κ3) is 5.42. The monoisotopic (exact) mass is 558 g/mol. The topological polar surface area (TPSA) is 75.4 Å². The molecule has 0 atom stereocenters. The maximum Gasteiger partial charge on any atom is 0.453 e. The zero-order valence-corrected chi connectivity index (χ0v) is 21.5. The zero-order chi connectivity index (χ0) is 28.4. The first-order valence-electron chi connectivity index (χ1n) is 12.7. The molecule has 3 aromatic carbocycles. The van der Waals surface area contributed by atoms with Crippen molar-refractivity contribution in [3.05, 3.63) is 88.0 Å². The third-order valence-corrected chi connectivity index (χ3v) is 6.66. The van der Waals surface area contributed by atoms with Crippen LogP contribution in [0.25, 0.3) is 11.0 Å². The number of phenolic OH excluding ortho intramolecular Hbond substituents is 1. The molecule has 5 rings (SSSR count). The number of alkyl halides is 3. The van der Waals surface area contributed by atoms with Crippen LogP contribution >= 0.6 is 0 Å². The van der Waals surface area contributed by atoms with Gasteiger partial charge in [0.05, 0.1) is 23.2 Å². The Bertz CT molecular complexity index is 1580. The average molecular weight is 559 g/mol. The van der Waals surface area contributed by atoms with Crippen LogP contribution in [0.2, 0.25) is 0 Å². The van der Waals surface area contributed by atoms with Gasteiger partial charge in [0, 0.05) is 32.7 Å². The van der Waals surface area contributed by atoms with Crippen molar-refractivity contribution in [2.45, 2.75) is 19.6 Å². The molecule has 0 amide bonds. The van der Waals surface area contributed by atoms with Crippen LogP contribution in [0.5, 0.6) is 23.0 Å². The zero-order valence-electron chi connectivity index (χ0n) is 21.5. The van der Waals surface area contributed by atoms with Crippen molar-refractivity contribution in [1.82, 2.24) is 4.90 Å². The fraction of sp³-hybridized carbons (Fsp3) is 0.276. The van der Waals surface area contributed by atoms with Crippen molar-refractivity contribution >= 4 is 16.7 Å². The number of nitrogens with zero attached hydrogens (tertiary/aromatic N) is 2. The Hall–Kier alpha value is -4.25. The van der Waals surface area contributed by atoms with Gasteiger partial charge in [0.15, 0.2) is 11.5 Å². The molecule has 40 heavy (non-hydrogen) atoms. The molecule has 0 bridgehead atoms. The van der Waals surface area contributed by atoms with Gasteiger partial charge in [0.1, 0.15) is 17.1 Å². The van der Waals surface area contributed by atoms with E-state index in [0.717, 1.165) is 0 Å². The molecule has 1 aliphatic heterocycles. The van der Waals surface area contributed by atoms with Crippen molar-refractivity contribution in [3.8, 4) is 23.0 Å². The number of benzene rings is 3. The van der Waals surface area contributed by atoms with Crippen LogP contribution in [0.4, 0.5) is 23.2 Å². The highest BCUT2D eigenvalue weighted by molar-refractivity contribution is 5.83. The van der Waals surface area contributed by atoms with Crippen LogP contribution in [0, 0.1) is 5.82 Å². The molecular formula is C29H26F4N2O5. The summed E-state index contributed by atoms with van der Waals surface area (Å²) in [5.41, 5.74) is -0.903. The largest absolute Gasteiger partial charge is 0.507 e. The lowest BCUT2D eigenvalue weighted by Crippen LogP contribution is -2.46. The van der Waals surface area contributed by atoms with Crippen molar-refractivity contribution in [2.24, 2.45) is 0 Å². The summed E-state index contributed by atoms with van der Waals surface area (Å²) >= 11 is 0. The van der Waals surface area contributed by atoms with Crippen LogP contribution in [0.1, 0.15) is 18.2 Å². The number of aromatic hydroxyl groups is 1. The number of piperazine rings is 1. The highest BCUT2D eigenvalue weighted by Crippen LogP contribution is 2.41. The molecule has 11 heteroatoms. The van der Waals surface area contributed by atoms with Crippen molar-refractivity contribution < 1.29 is 36.6 Å². The van der Waals surface area contributed by atoms with Crippen LogP contribution in [0.3, 0.4) is 0 Å². The van der Waals surface area contributed by atoms with Gasteiger partial charge in [-0.3, -0.25) is 9.69 Å². The summed E-state index contributed by atoms with van der Waals surface area (Å²) in [6.07, 6.45) is -5.07. The Labute approximate surface area is 226 Å². The van der Waals surface area contributed by atoms with Gasteiger partial charge in [-0.25, -0.2) is 4.39 Å². The number of hydrogen-bond donors (Lipinski definition) is 1. The van der Waals surface area contributed by atoms with Crippen LogP contribution in [-0.2, 0) is 12.7 Å². The second-order valence-electron chi connectivity index (χ2n) is 9.22. The van der Waals surface area contributed by atoms with Gasteiger partial charge in [-0.2, -0.15) is 13.2 Å².